The van der Waals surface area contributed by atoms with Crippen LogP contribution in [0.1, 0.15) is 25.1 Å². The molecule has 1 aromatic heterocycles. The molecule has 1 saturated heterocycles. The molecule has 1 aliphatic heterocycles. The Labute approximate surface area is 127 Å². The van der Waals surface area contributed by atoms with E-state index in [4.69, 9.17) is 0 Å². The van der Waals surface area contributed by atoms with Gasteiger partial charge >= 0.3 is 0 Å². The topological polar surface area (TPSA) is 28.2 Å². The second kappa shape index (κ2) is 6.12. The number of hydrogen-bond acceptors (Lipinski definition) is 3. The van der Waals surface area contributed by atoms with Gasteiger partial charge in [-0.25, -0.2) is 0 Å². The minimum absolute atomic E-state index is 0.617. The number of pyridine rings is 1. The Morgan fingerprint density at radius 1 is 1.33 bits per heavy atom. The third-order valence-electron chi connectivity index (χ3n) is 4.47. The van der Waals surface area contributed by atoms with Crippen molar-refractivity contribution in [1.29, 1.82) is 0 Å². The lowest BCUT2D eigenvalue weighted by Crippen LogP contribution is -2.52. The fraction of sp³-hybridized carbons (Fsp3) is 0.500. The first-order valence-corrected chi connectivity index (χ1v) is 7.95. The van der Waals surface area contributed by atoms with Crippen LogP contribution in [-0.2, 0) is 6.54 Å². The van der Waals surface area contributed by atoms with E-state index >= 15 is 0 Å². The van der Waals surface area contributed by atoms with E-state index in [9.17, 15) is 0 Å². The van der Waals surface area contributed by atoms with Gasteiger partial charge in [0.25, 0.3) is 0 Å². The van der Waals surface area contributed by atoms with E-state index < -0.39 is 0 Å². The average molecular weight is 283 g/mol. The van der Waals surface area contributed by atoms with Gasteiger partial charge in [-0.2, -0.15) is 0 Å². The summed E-state index contributed by atoms with van der Waals surface area (Å²) in [7, 11) is 0. The smallest absolute Gasteiger partial charge is 0.0708 e. The normalized spacial score (nSPS) is 20.3. The summed E-state index contributed by atoms with van der Waals surface area (Å²) in [5, 5.41) is 4.82. The van der Waals surface area contributed by atoms with Crippen LogP contribution in [0.25, 0.3) is 10.9 Å². The van der Waals surface area contributed by atoms with Crippen molar-refractivity contribution >= 4 is 10.9 Å². The molecule has 0 amide bonds. The molecule has 0 bridgehead atoms. The van der Waals surface area contributed by atoms with Crippen molar-refractivity contribution < 1.29 is 0 Å². The summed E-state index contributed by atoms with van der Waals surface area (Å²) in [5.41, 5.74) is 3.63. The van der Waals surface area contributed by atoms with Gasteiger partial charge < -0.3 is 5.32 Å². The molecule has 112 valence electrons. The van der Waals surface area contributed by atoms with Gasteiger partial charge in [0.15, 0.2) is 0 Å². The lowest BCUT2D eigenvalue weighted by atomic mass is 9.99. The zero-order valence-electron chi connectivity index (χ0n) is 13.3. The van der Waals surface area contributed by atoms with Crippen molar-refractivity contribution in [2.24, 2.45) is 5.92 Å². The van der Waals surface area contributed by atoms with Crippen LogP contribution < -0.4 is 5.32 Å². The van der Waals surface area contributed by atoms with Crippen LogP contribution in [0.5, 0.6) is 0 Å². The molecule has 0 saturated carbocycles. The number of benzene rings is 1. The SMILES string of the molecule is Cc1cc(CN2CCNCC2C(C)C)c2ccccc2n1. The summed E-state index contributed by atoms with van der Waals surface area (Å²) in [5.74, 6) is 0.673. The number of rotatable bonds is 3. The Hall–Kier alpha value is -1.45. The van der Waals surface area contributed by atoms with Crippen LogP contribution in [0, 0.1) is 12.8 Å². The van der Waals surface area contributed by atoms with Gasteiger partial charge in [-0.3, -0.25) is 9.88 Å². The number of hydrogen-bond donors (Lipinski definition) is 1. The number of fused-ring (bicyclic) bond motifs is 1. The lowest BCUT2D eigenvalue weighted by Gasteiger charge is -2.38. The first kappa shape index (κ1) is 14.5. The van der Waals surface area contributed by atoms with Crippen LogP contribution in [0.3, 0.4) is 0 Å². The highest BCUT2D eigenvalue weighted by atomic mass is 15.2. The summed E-state index contributed by atoms with van der Waals surface area (Å²) in [6, 6.07) is 11.4. The van der Waals surface area contributed by atoms with Crippen LogP contribution in [0.4, 0.5) is 0 Å². The van der Waals surface area contributed by atoms with Crippen molar-refractivity contribution in [3.8, 4) is 0 Å². The highest BCUT2D eigenvalue weighted by molar-refractivity contribution is 5.82. The van der Waals surface area contributed by atoms with Crippen LogP contribution in [0.15, 0.2) is 30.3 Å². The van der Waals surface area contributed by atoms with Gasteiger partial charge in [0.05, 0.1) is 5.52 Å². The van der Waals surface area contributed by atoms with Gasteiger partial charge in [-0.05, 0) is 30.5 Å². The molecule has 1 N–H and O–H groups in total. The Balaban J connectivity index is 1.93. The number of nitrogens with one attached hydrogen (secondary N) is 1. The monoisotopic (exact) mass is 283 g/mol. The van der Waals surface area contributed by atoms with Crippen LogP contribution in [-0.4, -0.2) is 35.6 Å². The van der Waals surface area contributed by atoms with E-state index in [1.807, 2.05) is 0 Å². The summed E-state index contributed by atoms with van der Waals surface area (Å²) in [6.45, 7) is 11.1. The zero-order valence-corrected chi connectivity index (χ0v) is 13.3. The van der Waals surface area contributed by atoms with E-state index in [1.54, 1.807) is 0 Å². The molecule has 0 radical (unpaired) electrons. The molecule has 1 aliphatic rings. The fourth-order valence-corrected chi connectivity index (χ4v) is 3.37. The fourth-order valence-electron chi connectivity index (χ4n) is 3.37. The number of para-hydroxylation sites is 1. The molecule has 2 heterocycles. The molecule has 3 nitrogen and oxygen atoms in total. The van der Waals surface area contributed by atoms with E-state index in [1.165, 1.54) is 10.9 Å². The van der Waals surface area contributed by atoms with E-state index in [0.29, 0.717) is 12.0 Å². The second-order valence-corrected chi connectivity index (χ2v) is 6.43. The van der Waals surface area contributed by atoms with E-state index in [0.717, 1.165) is 37.4 Å². The first-order chi connectivity index (χ1) is 10.1. The summed E-state index contributed by atoms with van der Waals surface area (Å²) >= 11 is 0. The molecule has 1 fully saturated rings. The lowest BCUT2D eigenvalue weighted by molar-refractivity contribution is 0.117. The van der Waals surface area contributed by atoms with Crippen LogP contribution >= 0.6 is 0 Å². The third-order valence-corrected chi connectivity index (χ3v) is 4.47. The minimum atomic E-state index is 0.617. The third kappa shape index (κ3) is 3.09. The van der Waals surface area contributed by atoms with Gasteiger partial charge in [0.2, 0.25) is 0 Å². The second-order valence-electron chi connectivity index (χ2n) is 6.43. The maximum Gasteiger partial charge on any atom is 0.0708 e. The number of piperazine rings is 1. The molecular formula is C18H25N3. The highest BCUT2D eigenvalue weighted by Gasteiger charge is 2.25. The van der Waals surface area contributed by atoms with Crippen molar-refractivity contribution in [1.82, 2.24) is 15.2 Å². The van der Waals surface area contributed by atoms with Crippen molar-refractivity contribution in [3.63, 3.8) is 0 Å². The van der Waals surface area contributed by atoms with E-state index in [-0.39, 0.29) is 0 Å². The van der Waals surface area contributed by atoms with Gasteiger partial charge in [-0.15, -0.1) is 0 Å². The predicted molar refractivity (Wildman–Crippen MR) is 88.4 cm³/mol. The zero-order chi connectivity index (χ0) is 14.8. The van der Waals surface area contributed by atoms with Crippen molar-refractivity contribution in [2.45, 2.75) is 33.4 Å². The molecule has 1 unspecified atom stereocenters. The molecule has 0 aliphatic carbocycles. The predicted octanol–water partition coefficient (Wildman–Crippen LogP) is 2.97. The van der Waals surface area contributed by atoms with Gasteiger partial charge in [-0.1, -0.05) is 32.0 Å². The average Bonchev–Trinajstić information content (AvgIpc) is 2.47. The van der Waals surface area contributed by atoms with Crippen molar-refractivity contribution in [2.75, 3.05) is 19.6 Å². The largest absolute Gasteiger partial charge is 0.314 e. The Kier molecular flexibility index (Phi) is 4.22. The molecule has 21 heavy (non-hydrogen) atoms. The molecular weight excluding hydrogens is 258 g/mol. The Morgan fingerprint density at radius 3 is 2.95 bits per heavy atom. The van der Waals surface area contributed by atoms with Gasteiger partial charge in [0.1, 0.15) is 0 Å². The minimum Gasteiger partial charge on any atom is -0.314 e. The quantitative estimate of drug-likeness (QED) is 0.938. The van der Waals surface area contributed by atoms with Gasteiger partial charge in [0, 0.05) is 43.3 Å². The number of nitrogens with zero attached hydrogens (tertiary/aromatic N) is 2. The maximum atomic E-state index is 4.65. The Morgan fingerprint density at radius 2 is 2.14 bits per heavy atom. The van der Waals surface area contributed by atoms with E-state index in [2.05, 4.69) is 66.3 Å². The first-order valence-electron chi connectivity index (χ1n) is 7.95. The molecule has 3 rings (SSSR count). The maximum absolute atomic E-state index is 4.65. The summed E-state index contributed by atoms with van der Waals surface area (Å²) < 4.78 is 0. The molecule has 0 spiro atoms. The summed E-state index contributed by atoms with van der Waals surface area (Å²) in [4.78, 5) is 7.28. The molecule has 3 heteroatoms. The summed E-state index contributed by atoms with van der Waals surface area (Å²) in [6.07, 6.45) is 0. The number of aryl methyl sites for hydroxylation is 1. The Bertz CT molecular complexity index is 621. The van der Waals surface area contributed by atoms with Crippen LogP contribution in [0.2, 0.25) is 0 Å². The standard InChI is InChI=1S/C18H25N3/c1-13(2)18-11-19-8-9-21(18)12-15-10-14(3)20-17-7-5-4-6-16(15)17/h4-7,10,13,18-19H,8-9,11-12H2,1-3H3. The molecule has 1 aromatic carbocycles. The number of aromatic nitrogens is 1. The van der Waals surface area contributed by atoms with Crippen molar-refractivity contribution in [3.05, 3.63) is 41.6 Å². The highest BCUT2D eigenvalue weighted by Crippen LogP contribution is 2.22. The molecule has 2 aromatic rings. The molecule has 1 atom stereocenters.